The molecule has 5 saturated heterocycles. The van der Waals surface area contributed by atoms with Crippen LogP contribution >= 0.6 is 0 Å². The van der Waals surface area contributed by atoms with Gasteiger partial charge in [0.25, 0.3) is 0 Å². The van der Waals surface area contributed by atoms with Gasteiger partial charge in [0.15, 0.2) is 0 Å². The van der Waals surface area contributed by atoms with Gasteiger partial charge in [-0.1, -0.05) is 25.7 Å². The second kappa shape index (κ2) is 25.8. The zero-order valence-electron chi connectivity index (χ0n) is 60.6. The number of piperidine rings is 5. The van der Waals surface area contributed by atoms with E-state index >= 15 is 0 Å². The molecule has 0 saturated carbocycles. The van der Waals surface area contributed by atoms with Crippen molar-refractivity contribution in [3.63, 3.8) is 0 Å². The van der Waals surface area contributed by atoms with Gasteiger partial charge in [0.1, 0.15) is 0 Å². The van der Waals surface area contributed by atoms with Crippen LogP contribution in [-0.2, 0) is 9.59 Å². The molecule has 6 rings (SSSR count). The Morgan fingerprint density at radius 3 is 0.765 bits per heavy atom. The summed E-state index contributed by atoms with van der Waals surface area (Å²) < 4.78 is 0. The van der Waals surface area contributed by atoms with E-state index in [1.54, 1.807) is 13.8 Å². The predicted octanol–water partition coefficient (Wildman–Crippen LogP) is 13.0. The normalized spacial score (nSPS) is 25.6. The monoisotopic (exact) mass is 1190 g/mol. The van der Waals surface area contributed by atoms with Crippen LogP contribution in [0.5, 0.6) is 0 Å². The van der Waals surface area contributed by atoms with Crippen LogP contribution in [0.15, 0.2) is 0 Å². The lowest BCUT2D eigenvalue weighted by molar-refractivity contribution is -0.137. The van der Waals surface area contributed by atoms with Crippen molar-refractivity contribution in [2.75, 3.05) is 83.2 Å². The number of hydrogen-bond donors (Lipinski definition) is 0. The summed E-state index contributed by atoms with van der Waals surface area (Å²) in [6.45, 7) is 54.6. The summed E-state index contributed by atoms with van der Waals surface area (Å²) >= 11 is 0. The van der Waals surface area contributed by atoms with Gasteiger partial charge in [0.2, 0.25) is 29.7 Å². The van der Waals surface area contributed by atoms with Crippen molar-refractivity contribution in [2.45, 2.75) is 353 Å². The molecule has 0 unspecified atom stereocenters. The Hall–Kier alpha value is -2.85. The molecule has 15 heteroatoms. The molecule has 1 aromatic rings. The second-order valence-electron chi connectivity index (χ2n) is 34.7. The third-order valence-electron chi connectivity index (χ3n) is 24.1. The van der Waals surface area contributed by atoms with Crippen molar-refractivity contribution >= 4 is 29.7 Å². The van der Waals surface area contributed by atoms with Crippen LogP contribution in [0.1, 0.15) is 268 Å². The Morgan fingerprint density at radius 2 is 0.529 bits per heavy atom. The molecule has 5 fully saturated rings. The van der Waals surface area contributed by atoms with Crippen LogP contribution in [0.4, 0.5) is 17.8 Å². The maximum Gasteiger partial charge on any atom is 0.232 e. The van der Waals surface area contributed by atoms with E-state index in [4.69, 9.17) is 15.0 Å². The number of anilines is 3. The summed E-state index contributed by atoms with van der Waals surface area (Å²) in [5.41, 5.74) is -0.135. The molecule has 0 spiro atoms. The number of aromatic nitrogens is 3. The minimum Gasteiger partial charge on any atom is -0.341 e. The molecule has 2 amide bonds. The van der Waals surface area contributed by atoms with Crippen molar-refractivity contribution in [1.82, 2.24) is 49.3 Å². The fourth-order valence-corrected chi connectivity index (χ4v) is 17.6. The van der Waals surface area contributed by atoms with Gasteiger partial charge in [-0.15, -0.1) is 0 Å². The fraction of sp³-hybridized carbons (Fsp3) is 0.929. The highest BCUT2D eigenvalue weighted by Gasteiger charge is 2.51. The SMILES string of the molecule is CC(=O)N(CCCCCCN(c1nc(N(C)C2CC(C)(C)N(C)C(C)(C)C2)nc(N(CCCCCCN(C(C)=O)C2CC(C)(C)N(C)C(C)(C)C2)C2CC(C)(C)N(C)C(C)(C)C2)n1)C1CC(C)(C)N(C)C(C)(C)C1)C1CC(C)(C)N(C)C(C)(C)C1. The molecule has 0 aliphatic carbocycles. The Bertz CT molecular complexity index is 2180. The van der Waals surface area contributed by atoms with Gasteiger partial charge in [-0.3, -0.25) is 34.1 Å². The number of hydrogen-bond acceptors (Lipinski definition) is 13. The average molecular weight is 1190 g/mol. The van der Waals surface area contributed by atoms with Crippen LogP contribution in [0.2, 0.25) is 0 Å². The number of rotatable bonds is 22. The third kappa shape index (κ3) is 16.2. The van der Waals surface area contributed by atoms with Gasteiger partial charge in [0.05, 0.1) is 0 Å². The highest BCUT2D eigenvalue weighted by molar-refractivity contribution is 5.74. The van der Waals surface area contributed by atoms with E-state index in [2.05, 4.69) is 230 Å². The van der Waals surface area contributed by atoms with Gasteiger partial charge in [0, 0.05) is 133 Å². The number of carbonyl (C=O) groups excluding carboxylic acids is 2. The Morgan fingerprint density at radius 1 is 0.329 bits per heavy atom. The third-order valence-corrected chi connectivity index (χ3v) is 24.1. The molecule has 0 N–H and O–H groups in total. The Labute approximate surface area is 522 Å². The largest absolute Gasteiger partial charge is 0.341 e. The maximum absolute atomic E-state index is 13.4. The first-order valence-corrected chi connectivity index (χ1v) is 34.0. The first-order chi connectivity index (χ1) is 38.7. The molecular weight excluding hydrogens is 1050 g/mol. The smallest absolute Gasteiger partial charge is 0.232 e. The summed E-state index contributed by atoms with van der Waals surface area (Å²) in [6.07, 6.45) is 18.3. The minimum atomic E-state index is -0.0439. The summed E-state index contributed by atoms with van der Waals surface area (Å²) in [4.78, 5) is 69.1. The lowest BCUT2D eigenvalue weighted by atomic mass is 9.76. The number of nitrogens with zero attached hydrogens (tertiary/aromatic N) is 13. The molecule has 0 atom stereocenters. The van der Waals surface area contributed by atoms with E-state index in [1.165, 1.54) is 0 Å². The highest BCUT2D eigenvalue weighted by Crippen LogP contribution is 2.46. The molecule has 15 nitrogen and oxygen atoms in total. The first-order valence-electron chi connectivity index (χ1n) is 34.0. The Balaban J connectivity index is 1.36. The molecule has 490 valence electrons. The van der Waals surface area contributed by atoms with Gasteiger partial charge < -0.3 is 24.5 Å². The molecule has 5 aliphatic rings. The topological polar surface area (TPSA) is 105 Å². The second-order valence-corrected chi connectivity index (χ2v) is 34.7. The van der Waals surface area contributed by atoms with Crippen LogP contribution in [0.25, 0.3) is 0 Å². The molecule has 6 heterocycles. The van der Waals surface area contributed by atoms with E-state index in [0.29, 0.717) is 0 Å². The lowest BCUT2D eigenvalue weighted by Gasteiger charge is -2.56. The molecule has 1 aromatic heterocycles. The van der Waals surface area contributed by atoms with Gasteiger partial charge in [-0.05, 0) is 264 Å². The van der Waals surface area contributed by atoms with Crippen molar-refractivity contribution in [3.05, 3.63) is 0 Å². The van der Waals surface area contributed by atoms with Crippen molar-refractivity contribution in [1.29, 1.82) is 0 Å². The molecule has 0 aromatic carbocycles. The van der Waals surface area contributed by atoms with Crippen molar-refractivity contribution in [3.8, 4) is 0 Å². The lowest BCUT2D eigenvalue weighted by Crippen LogP contribution is -2.63. The van der Waals surface area contributed by atoms with E-state index in [0.717, 1.165) is 160 Å². The summed E-state index contributed by atoms with van der Waals surface area (Å²) in [6, 6.07) is 1.16. The van der Waals surface area contributed by atoms with Crippen LogP contribution in [0, 0.1) is 0 Å². The zero-order chi connectivity index (χ0) is 64.2. The minimum absolute atomic E-state index is 0.0164. The summed E-state index contributed by atoms with van der Waals surface area (Å²) in [5.74, 6) is 2.82. The van der Waals surface area contributed by atoms with E-state index < -0.39 is 0 Å². The van der Waals surface area contributed by atoms with Gasteiger partial charge >= 0.3 is 0 Å². The van der Waals surface area contributed by atoms with E-state index in [-0.39, 0.29) is 97.4 Å². The van der Waals surface area contributed by atoms with Crippen LogP contribution in [-0.4, -0.2) is 215 Å². The molecule has 0 bridgehead atoms. The average Bonchev–Trinajstić information content (AvgIpc) is 1.90. The van der Waals surface area contributed by atoms with Crippen LogP contribution in [0.3, 0.4) is 0 Å². The summed E-state index contributed by atoms with van der Waals surface area (Å²) in [5, 5.41) is 0. The molecule has 0 radical (unpaired) electrons. The number of carbonyl (C=O) groups is 2. The predicted molar refractivity (Wildman–Crippen MR) is 359 cm³/mol. The van der Waals surface area contributed by atoms with Crippen molar-refractivity contribution < 1.29 is 9.59 Å². The number of likely N-dealkylation sites (tertiary alicyclic amines) is 5. The van der Waals surface area contributed by atoms with Gasteiger partial charge in [-0.25, -0.2) is 0 Å². The standard InChI is InChI=1S/C70H133N13O2/c1-51(84)80(54-43-63(7,8)76(25)64(9,10)44-54)37-33-29-31-35-39-82(56-47-67(15,16)78(27)68(17,18)48-56)59-71-58(74(23)53-41-61(3,4)75(24)62(5,6)42-53)72-60(73-59)83(57-49-69(19,20)79(28)70(21,22)50-57)40-36-32-30-34-38-81(52(2)85)55-45-65(11,12)77(26)66(13,14)46-55/h53-57H,29-50H2,1-28H3. The van der Waals surface area contributed by atoms with Crippen molar-refractivity contribution in [2.24, 2.45) is 0 Å². The summed E-state index contributed by atoms with van der Waals surface area (Å²) in [7, 11) is 13.7. The number of unbranched alkanes of at least 4 members (excludes halogenated alkanes) is 6. The van der Waals surface area contributed by atoms with E-state index in [9.17, 15) is 9.59 Å². The van der Waals surface area contributed by atoms with E-state index in [1.807, 2.05) is 0 Å². The van der Waals surface area contributed by atoms with Gasteiger partial charge in [-0.2, -0.15) is 15.0 Å². The van der Waals surface area contributed by atoms with Crippen LogP contribution < -0.4 is 14.7 Å². The quantitative estimate of drug-likeness (QED) is 0.103. The fourth-order valence-electron chi connectivity index (χ4n) is 17.6. The highest BCUT2D eigenvalue weighted by atomic mass is 16.2. The Kier molecular flexibility index (Phi) is 21.6. The molecule has 5 aliphatic heterocycles. The number of amides is 2. The molecular formula is C70H133N13O2. The zero-order valence-corrected chi connectivity index (χ0v) is 60.6. The molecule has 85 heavy (non-hydrogen) atoms. The maximum atomic E-state index is 13.4. The first kappa shape index (κ1) is 71.2.